The number of carbonyl (C=O) groups is 2. The molecule has 1 N–H and O–H groups in total. The average molecular weight is 889 g/mol. The number of carbonyl (C=O) groups excluding carboxylic acids is 2. The number of aryl methyl sites for hydroxylation is 2. The van der Waals surface area contributed by atoms with Crippen LogP contribution in [0.2, 0.25) is 0 Å². The van der Waals surface area contributed by atoms with Gasteiger partial charge in [0, 0.05) is 101 Å². The van der Waals surface area contributed by atoms with Crippen molar-refractivity contribution in [1.29, 1.82) is 5.26 Å². The second-order valence-corrected chi connectivity index (χ2v) is 18.3. The maximum Gasteiger partial charge on any atom is 0.317 e. The molecule has 17 nitrogen and oxygen atoms in total. The molecule has 7 aromatic rings. The summed E-state index contributed by atoms with van der Waals surface area (Å²) in [6, 6.07) is 11.7. The van der Waals surface area contributed by atoms with Crippen molar-refractivity contribution in [2.75, 3.05) is 51.3 Å². The van der Waals surface area contributed by atoms with E-state index in [0.717, 1.165) is 70.8 Å². The van der Waals surface area contributed by atoms with E-state index in [2.05, 4.69) is 30.5 Å². The fourth-order valence-electron chi connectivity index (χ4n) is 10.4. The molecule has 8 heterocycles. The summed E-state index contributed by atoms with van der Waals surface area (Å²) in [5.41, 5.74) is 7.87. The lowest BCUT2D eigenvalue weighted by atomic mass is 9.94. The number of fused-ring (bicyclic) bond motifs is 4. The van der Waals surface area contributed by atoms with E-state index >= 15 is 4.39 Å². The SMILES string of the molecule is CNC(=O)N1CCn2c(C3CC3)nc(-c3c(CC(=O)N4CCn5c(C6CC6)nc(-c6ccc7c(c(-c8cnn(C)c8)nn7C)c6F)c5C4)ccc4nc(N5CCOCC5)c(C#N)cc34)c2C1. The number of imidazole rings is 2. The van der Waals surface area contributed by atoms with Gasteiger partial charge < -0.3 is 33.9 Å². The minimum atomic E-state index is -0.405. The molecule has 18 heteroatoms. The highest BCUT2D eigenvalue weighted by molar-refractivity contribution is 6.00. The number of amides is 3. The summed E-state index contributed by atoms with van der Waals surface area (Å²) in [4.78, 5) is 49.5. The molecule has 12 rings (SSSR count). The standard InChI is InChI=1S/C48H49FN14O3/c1-51-48(65)61-13-15-63-37(26-61)44(55-47(63)28-6-7-28)39-29(8-10-34-33(39)20-30(22-50)45(53-34)59-16-18-66-19-17-59)21-38(64)60-12-14-62-36(25-60)43(54-46(62)27-4-5-27)32-9-11-35-40(41(32)49)42(56-58(35)3)31-23-52-57(2)24-31/h8-11,20,23-24,27-28H,4-7,12-19,21,25-26H2,1-3H3,(H,51,65). The molecule has 0 atom stereocenters. The molecule has 0 unspecified atom stereocenters. The highest BCUT2D eigenvalue weighted by atomic mass is 19.1. The number of halogens is 1. The van der Waals surface area contributed by atoms with Crippen LogP contribution >= 0.6 is 0 Å². The maximum atomic E-state index is 17.2. The van der Waals surface area contributed by atoms with Crippen molar-refractivity contribution in [2.24, 2.45) is 14.1 Å². The van der Waals surface area contributed by atoms with Crippen molar-refractivity contribution < 1.29 is 18.7 Å². The lowest BCUT2D eigenvalue weighted by Crippen LogP contribution is -2.43. The van der Waals surface area contributed by atoms with Crippen molar-refractivity contribution in [1.82, 2.24) is 58.8 Å². The van der Waals surface area contributed by atoms with Gasteiger partial charge in [-0.15, -0.1) is 0 Å². The number of aromatic nitrogens is 9. The molecule has 3 aliphatic heterocycles. The van der Waals surface area contributed by atoms with Gasteiger partial charge in [-0.2, -0.15) is 15.5 Å². The fourth-order valence-corrected chi connectivity index (χ4v) is 10.4. The molecule has 336 valence electrons. The van der Waals surface area contributed by atoms with Crippen LogP contribution in [0.15, 0.2) is 42.7 Å². The Morgan fingerprint density at radius 1 is 0.864 bits per heavy atom. The number of nitrogens with one attached hydrogen (secondary N) is 1. The van der Waals surface area contributed by atoms with E-state index in [-0.39, 0.29) is 24.9 Å². The zero-order valence-corrected chi connectivity index (χ0v) is 37.2. The third-order valence-corrected chi connectivity index (χ3v) is 14.1. The number of anilines is 1. The van der Waals surface area contributed by atoms with Crippen molar-refractivity contribution >= 4 is 39.6 Å². The number of nitrogens with zero attached hydrogens (tertiary/aromatic N) is 13. The first kappa shape index (κ1) is 40.4. The van der Waals surface area contributed by atoms with E-state index in [9.17, 15) is 14.9 Å². The highest BCUT2D eigenvalue weighted by Crippen LogP contribution is 2.46. The largest absolute Gasteiger partial charge is 0.378 e. The Labute approximate surface area is 379 Å². The molecule has 2 saturated carbocycles. The van der Waals surface area contributed by atoms with Crippen molar-refractivity contribution in [3.63, 3.8) is 0 Å². The van der Waals surface area contributed by atoms with E-state index in [0.29, 0.717) is 121 Å². The van der Waals surface area contributed by atoms with Gasteiger partial charge in [0.05, 0.1) is 83.7 Å². The summed E-state index contributed by atoms with van der Waals surface area (Å²) >= 11 is 0. The van der Waals surface area contributed by atoms with Gasteiger partial charge in [0.25, 0.3) is 0 Å². The Kier molecular flexibility index (Phi) is 9.49. The first-order chi connectivity index (χ1) is 32.2. The molecule has 0 bridgehead atoms. The van der Waals surface area contributed by atoms with E-state index in [1.165, 1.54) is 0 Å². The fraction of sp³-hybridized carbons (Fsp3) is 0.417. The highest BCUT2D eigenvalue weighted by Gasteiger charge is 2.38. The smallest absolute Gasteiger partial charge is 0.317 e. The van der Waals surface area contributed by atoms with Gasteiger partial charge in [0.1, 0.15) is 35.0 Å². The second-order valence-electron chi connectivity index (χ2n) is 18.3. The number of hydrogen-bond acceptors (Lipinski definition) is 10. The molecule has 66 heavy (non-hydrogen) atoms. The van der Waals surface area contributed by atoms with Crippen LogP contribution in [0.1, 0.15) is 71.7 Å². The van der Waals surface area contributed by atoms with Crippen LogP contribution in [-0.2, 0) is 56.2 Å². The lowest BCUT2D eigenvalue weighted by Gasteiger charge is -2.31. The summed E-state index contributed by atoms with van der Waals surface area (Å²) < 4.78 is 30.6. The van der Waals surface area contributed by atoms with Gasteiger partial charge >= 0.3 is 6.03 Å². The van der Waals surface area contributed by atoms with Crippen molar-refractivity contribution in [3.8, 4) is 39.8 Å². The predicted octanol–water partition coefficient (Wildman–Crippen LogP) is 5.59. The monoisotopic (exact) mass is 888 g/mol. The third kappa shape index (κ3) is 6.61. The average Bonchev–Trinajstić information content (AvgIpc) is 4.23. The molecule has 0 radical (unpaired) electrons. The van der Waals surface area contributed by atoms with Gasteiger partial charge in [-0.1, -0.05) is 6.07 Å². The number of hydrogen-bond donors (Lipinski definition) is 1. The van der Waals surface area contributed by atoms with Crippen LogP contribution in [0, 0.1) is 17.1 Å². The van der Waals surface area contributed by atoms with Crippen LogP contribution in [0.5, 0.6) is 0 Å². The minimum Gasteiger partial charge on any atom is -0.378 e. The molecular formula is C48H49FN14O3. The normalized spacial score (nSPS) is 17.3. The zero-order chi connectivity index (χ0) is 45.0. The molecule has 3 fully saturated rings. The molecule has 2 aliphatic carbocycles. The van der Waals surface area contributed by atoms with Gasteiger partial charge in [-0.05, 0) is 55.5 Å². The molecule has 3 amide bonds. The Morgan fingerprint density at radius 2 is 1.56 bits per heavy atom. The number of urea groups is 1. The Balaban J connectivity index is 0.949. The number of pyridine rings is 1. The first-order valence-corrected chi connectivity index (χ1v) is 22.9. The van der Waals surface area contributed by atoms with Crippen LogP contribution in [0.25, 0.3) is 55.6 Å². The summed E-state index contributed by atoms with van der Waals surface area (Å²) in [7, 11) is 5.27. The Hall–Kier alpha value is -7.13. The Bertz CT molecular complexity index is 3190. The van der Waals surface area contributed by atoms with Crippen molar-refractivity contribution in [3.05, 3.63) is 82.7 Å². The number of ether oxygens (including phenoxy) is 1. The topological polar surface area (TPSA) is 173 Å². The van der Waals surface area contributed by atoms with E-state index in [1.807, 2.05) is 49.5 Å². The second kappa shape index (κ2) is 15.5. The third-order valence-electron chi connectivity index (χ3n) is 14.1. The van der Waals surface area contributed by atoms with Crippen LogP contribution in [0.4, 0.5) is 15.0 Å². The van der Waals surface area contributed by atoms with Gasteiger partial charge in [0.2, 0.25) is 5.91 Å². The molecule has 5 aromatic heterocycles. The maximum absolute atomic E-state index is 17.2. The van der Waals surface area contributed by atoms with E-state index < -0.39 is 5.82 Å². The summed E-state index contributed by atoms with van der Waals surface area (Å²) in [5.74, 6) is 2.68. The molecular weight excluding hydrogens is 840 g/mol. The van der Waals surface area contributed by atoms with E-state index in [4.69, 9.17) is 24.8 Å². The molecule has 0 spiro atoms. The Morgan fingerprint density at radius 3 is 2.24 bits per heavy atom. The summed E-state index contributed by atoms with van der Waals surface area (Å²) in [5, 5.41) is 23.5. The number of nitriles is 1. The summed E-state index contributed by atoms with van der Waals surface area (Å²) in [6.07, 6.45) is 7.70. The minimum absolute atomic E-state index is 0.0476. The number of rotatable bonds is 8. The van der Waals surface area contributed by atoms with Crippen LogP contribution in [-0.4, -0.2) is 112 Å². The molecule has 2 aromatic carbocycles. The number of morpholine rings is 1. The number of benzene rings is 2. The first-order valence-electron chi connectivity index (χ1n) is 22.9. The molecule has 1 saturated heterocycles. The lowest BCUT2D eigenvalue weighted by molar-refractivity contribution is -0.131. The van der Waals surface area contributed by atoms with Gasteiger partial charge in [-0.3, -0.25) is 14.2 Å². The summed E-state index contributed by atoms with van der Waals surface area (Å²) in [6.45, 7) is 5.10. The molecule has 5 aliphatic rings. The van der Waals surface area contributed by atoms with Gasteiger partial charge in [-0.25, -0.2) is 24.1 Å². The van der Waals surface area contributed by atoms with E-state index in [1.54, 1.807) is 33.6 Å². The predicted molar refractivity (Wildman–Crippen MR) is 243 cm³/mol. The van der Waals surface area contributed by atoms with Crippen LogP contribution < -0.4 is 10.2 Å². The van der Waals surface area contributed by atoms with Gasteiger partial charge in [0.15, 0.2) is 0 Å². The van der Waals surface area contributed by atoms with Crippen molar-refractivity contribution in [2.45, 2.75) is 70.1 Å². The van der Waals surface area contributed by atoms with Crippen LogP contribution in [0.3, 0.4) is 0 Å². The zero-order valence-electron chi connectivity index (χ0n) is 37.2. The quantitative estimate of drug-likeness (QED) is 0.203.